The topological polar surface area (TPSA) is 17.8 Å². The molecular weight excluding hydrogens is 196 g/mol. The maximum Gasteiger partial charge on any atom is 0.129 e. The maximum atomic E-state index is 6.00. The van der Waals surface area contributed by atoms with Crippen molar-refractivity contribution in [2.24, 2.45) is 0 Å². The highest BCUT2D eigenvalue weighted by Crippen LogP contribution is 2.13. The molecule has 1 aromatic carbocycles. The van der Waals surface area contributed by atoms with Crippen molar-refractivity contribution in [3.05, 3.63) is 53.1 Å². The summed E-state index contributed by atoms with van der Waals surface area (Å²) in [7, 11) is 0. The average molecular weight is 207 g/mol. The molecule has 0 bridgehead atoms. The number of aromatic nitrogens is 2. The zero-order valence-corrected chi connectivity index (χ0v) is 8.70. The molecule has 72 valence electrons. The Balaban J connectivity index is 2.27. The number of hydrogen-bond donors (Lipinski definition) is 0. The van der Waals surface area contributed by atoms with Gasteiger partial charge >= 0.3 is 0 Å². The third-order valence-electron chi connectivity index (χ3n) is 2.19. The van der Waals surface area contributed by atoms with Gasteiger partial charge in [-0.25, -0.2) is 4.98 Å². The van der Waals surface area contributed by atoms with E-state index in [4.69, 9.17) is 11.6 Å². The van der Waals surface area contributed by atoms with Crippen LogP contribution in [0, 0.1) is 6.92 Å². The van der Waals surface area contributed by atoms with E-state index >= 15 is 0 Å². The third-order valence-corrected chi connectivity index (χ3v) is 2.49. The van der Waals surface area contributed by atoms with Crippen LogP contribution >= 0.6 is 11.6 Å². The Morgan fingerprint density at radius 3 is 2.57 bits per heavy atom. The van der Waals surface area contributed by atoms with E-state index in [1.54, 1.807) is 6.20 Å². The maximum absolute atomic E-state index is 6.00. The molecule has 2 aromatic rings. The van der Waals surface area contributed by atoms with Gasteiger partial charge in [-0.05, 0) is 12.5 Å². The van der Waals surface area contributed by atoms with E-state index in [-0.39, 0.29) is 0 Å². The summed E-state index contributed by atoms with van der Waals surface area (Å²) < 4.78 is 1.98. The van der Waals surface area contributed by atoms with Gasteiger partial charge in [0, 0.05) is 0 Å². The van der Waals surface area contributed by atoms with Crippen molar-refractivity contribution >= 4 is 11.6 Å². The highest BCUT2D eigenvalue weighted by Gasteiger charge is 2.03. The SMILES string of the molecule is Cc1ncc(Cl)n1Cc1ccccc1. The number of rotatable bonds is 2. The van der Waals surface area contributed by atoms with Gasteiger partial charge < -0.3 is 4.57 Å². The van der Waals surface area contributed by atoms with Crippen LogP contribution in [0.15, 0.2) is 36.5 Å². The molecule has 0 N–H and O–H groups in total. The van der Waals surface area contributed by atoms with Crippen molar-refractivity contribution in [2.75, 3.05) is 0 Å². The molecule has 0 unspecified atom stereocenters. The molecule has 14 heavy (non-hydrogen) atoms. The van der Waals surface area contributed by atoms with E-state index in [9.17, 15) is 0 Å². The van der Waals surface area contributed by atoms with Gasteiger partial charge in [0.15, 0.2) is 0 Å². The second-order valence-corrected chi connectivity index (χ2v) is 3.59. The predicted octanol–water partition coefficient (Wildman–Crippen LogP) is 2.89. The molecule has 0 spiro atoms. The summed E-state index contributed by atoms with van der Waals surface area (Å²) in [6.07, 6.45) is 1.68. The number of aryl methyl sites for hydroxylation is 1. The van der Waals surface area contributed by atoms with Crippen LogP contribution in [0.4, 0.5) is 0 Å². The standard InChI is InChI=1S/C11H11ClN2/c1-9-13-7-11(12)14(9)8-10-5-3-2-4-6-10/h2-7H,8H2,1H3. The van der Waals surface area contributed by atoms with E-state index in [1.807, 2.05) is 29.7 Å². The van der Waals surface area contributed by atoms with Crippen molar-refractivity contribution in [1.82, 2.24) is 9.55 Å². The summed E-state index contributed by atoms with van der Waals surface area (Å²) >= 11 is 6.00. The first-order valence-electron chi connectivity index (χ1n) is 4.49. The molecule has 0 aliphatic carbocycles. The second kappa shape index (κ2) is 3.84. The third kappa shape index (κ3) is 1.80. The smallest absolute Gasteiger partial charge is 0.129 e. The van der Waals surface area contributed by atoms with Gasteiger partial charge in [-0.2, -0.15) is 0 Å². The second-order valence-electron chi connectivity index (χ2n) is 3.20. The molecular formula is C11H11ClN2. The lowest BCUT2D eigenvalue weighted by molar-refractivity contribution is 0.762. The van der Waals surface area contributed by atoms with Crippen LogP contribution in [-0.4, -0.2) is 9.55 Å². The largest absolute Gasteiger partial charge is 0.315 e. The Bertz CT molecular complexity index is 401. The minimum absolute atomic E-state index is 0.686. The molecule has 1 aromatic heterocycles. The Morgan fingerprint density at radius 2 is 2.00 bits per heavy atom. The first-order valence-corrected chi connectivity index (χ1v) is 4.87. The molecule has 2 rings (SSSR count). The normalized spacial score (nSPS) is 10.4. The van der Waals surface area contributed by atoms with Gasteiger partial charge in [-0.15, -0.1) is 0 Å². The fourth-order valence-corrected chi connectivity index (χ4v) is 1.63. The highest BCUT2D eigenvalue weighted by atomic mass is 35.5. The van der Waals surface area contributed by atoms with Gasteiger partial charge in [0.1, 0.15) is 11.0 Å². The molecule has 3 heteroatoms. The quantitative estimate of drug-likeness (QED) is 0.739. The van der Waals surface area contributed by atoms with Crippen LogP contribution < -0.4 is 0 Å². The Morgan fingerprint density at radius 1 is 1.29 bits per heavy atom. The molecule has 0 aliphatic heterocycles. The lowest BCUT2D eigenvalue weighted by Crippen LogP contribution is -2.01. The lowest BCUT2D eigenvalue weighted by Gasteiger charge is -2.06. The first kappa shape index (κ1) is 9.28. The van der Waals surface area contributed by atoms with Crippen molar-refractivity contribution < 1.29 is 0 Å². The van der Waals surface area contributed by atoms with E-state index in [0.29, 0.717) is 5.15 Å². The van der Waals surface area contributed by atoms with Crippen molar-refractivity contribution in [1.29, 1.82) is 0 Å². The first-order chi connectivity index (χ1) is 6.77. The molecule has 0 atom stereocenters. The number of nitrogens with zero attached hydrogens (tertiary/aromatic N) is 2. The Labute approximate surface area is 88.2 Å². The molecule has 0 radical (unpaired) electrons. The summed E-state index contributed by atoms with van der Waals surface area (Å²) in [5.74, 6) is 0.943. The molecule has 1 heterocycles. The van der Waals surface area contributed by atoms with E-state index in [0.717, 1.165) is 12.4 Å². The molecule has 0 saturated heterocycles. The highest BCUT2D eigenvalue weighted by molar-refractivity contribution is 6.29. The van der Waals surface area contributed by atoms with Crippen LogP contribution in [-0.2, 0) is 6.54 Å². The molecule has 0 aliphatic rings. The number of benzene rings is 1. The van der Waals surface area contributed by atoms with E-state index in [2.05, 4.69) is 17.1 Å². The van der Waals surface area contributed by atoms with Gasteiger partial charge in [0.25, 0.3) is 0 Å². The van der Waals surface area contributed by atoms with Crippen LogP contribution in [0.25, 0.3) is 0 Å². The predicted molar refractivity (Wildman–Crippen MR) is 57.5 cm³/mol. The number of imidazole rings is 1. The zero-order chi connectivity index (χ0) is 9.97. The minimum atomic E-state index is 0.686. The van der Waals surface area contributed by atoms with Crippen LogP contribution in [0.3, 0.4) is 0 Å². The average Bonchev–Trinajstić information content (AvgIpc) is 2.51. The monoisotopic (exact) mass is 206 g/mol. The van der Waals surface area contributed by atoms with Crippen molar-refractivity contribution in [3.63, 3.8) is 0 Å². The van der Waals surface area contributed by atoms with Gasteiger partial charge in [-0.3, -0.25) is 0 Å². The van der Waals surface area contributed by atoms with Gasteiger partial charge in [-0.1, -0.05) is 41.9 Å². The summed E-state index contributed by atoms with van der Waals surface area (Å²) in [6.45, 7) is 2.74. The van der Waals surface area contributed by atoms with E-state index in [1.165, 1.54) is 5.56 Å². The zero-order valence-electron chi connectivity index (χ0n) is 7.94. The number of hydrogen-bond acceptors (Lipinski definition) is 1. The van der Waals surface area contributed by atoms with E-state index < -0.39 is 0 Å². The van der Waals surface area contributed by atoms with Gasteiger partial charge in [0.2, 0.25) is 0 Å². The van der Waals surface area contributed by atoms with Crippen LogP contribution in [0.2, 0.25) is 5.15 Å². The number of halogens is 1. The minimum Gasteiger partial charge on any atom is -0.315 e. The fraction of sp³-hybridized carbons (Fsp3) is 0.182. The summed E-state index contributed by atoms with van der Waals surface area (Å²) in [5, 5.41) is 0.686. The summed E-state index contributed by atoms with van der Waals surface area (Å²) in [6, 6.07) is 10.2. The van der Waals surface area contributed by atoms with Crippen LogP contribution in [0.1, 0.15) is 11.4 Å². The molecule has 0 saturated carbocycles. The Hall–Kier alpha value is -1.28. The molecule has 0 fully saturated rings. The fourth-order valence-electron chi connectivity index (χ4n) is 1.40. The van der Waals surface area contributed by atoms with Crippen molar-refractivity contribution in [2.45, 2.75) is 13.5 Å². The summed E-state index contributed by atoms with van der Waals surface area (Å²) in [4.78, 5) is 4.14. The van der Waals surface area contributed by atoms with Crippen molar-refractivity contribution in [3.8, 4) is 0 Å². The molecule has 2 nitrogen and oxygen atoms in total. The summed E-state index contributed by atoms with van der Waals surface area (Å²) in [5.41, 5.74) is 1.23. The lowest BCUT2D eigenvalue weighted by atomic mass is 10.2. The Kier molecular flexibility index (Phi) is 2.55. The molecule has 0 amide bonds. The van der Waals surface area contributed by atoms with Crippen LogP contribution in [0.5, 0.6) is 0 Å². The van der Waals surface area contributed by atoms with Gasteiger partial charge in [0.05, 0.1) is 12.7 Å².